The second kappa shape index (κ2) is 9.12. The zero-order valence-corrected chi connectivity index (χ0v) is 17.4. The van der Waals surface area contributed by atoms with Gasteiger partial charge >= 0.3 is 12.1 Å². The van der Waals surface area contributed by atoms with Crippen molar-refractivity contribution in [1.82, 2.24) is 5.32 Å². The predicted molar refractivity (Wildman–Crippen MR) is 113 cm³/mol. The van der Waals surface area contributed by atoms with E-state index in [0.29, 0.717) is 19.6 Å². The van der Waals surface area contributed by atoms with Gasteiger partial charge in [0.25, 0.3) is 0 Å². The van der Waals surface area contributed by atoms with Gasteiger partial charge in [0.05, 0.1) is 12.0 Å². The number of amides is 1. The van der Waals surface area contributed by atoms with Gasteiger partial charge in [-0.05, 0) is 48.9 Å². The number of ether oxygens (including phenoxy) is 2. The Labute approximate surface area is 172 Å². The van der Waals surface area contributed by atoms with Crippen LogP contribution in [0.1, 0.15) is 50.7 Å². The molecule has 0 fully saturated rings. The van der Waals surface area contributed by atoms with Crippen LogP contribution in [0, 0.1) is 5.41 Å². The molecule has 5 heteroatoms. The van der Waals surface area contributed by atoms with Gasteiger partial charge in [0, 0.05) is 12.5 Å². The van der Waals surface area contributed by atoms with Crippen molar-refractivity contribution in [2.45, 2.75) is 39.5 Å². The first kappa shape index (κ1) is 20.9. The zero-order valence-electron chi connectivity index (χ0n) is 17.4. The molecule has 154 valence electrons. The Morgan fingerprint density at radius 2 is 1.55 bits per heavy atom. The van der Waals surface area contributed by atoms with E-state index in [0.717, 1.165) is 6.42 Å². The van der Waals surface area contributed by atoms with Crippen LogP contribution in [0.25, 0.3) is 11.1 Å². The van der Waals surface area contributed by atoms with Crippen molar-refractivity contribution in [1.29, 1.82) is 0 Å². The first-order valence-corrected chi connectivity index (χ1v) is 10.2. The molecule has 2 aromatic carbocycles. The van der Waals surface area contributed by atoms with E-state index < -0.39 is 11.5 Å². The van der Waals surface area contributed by atoms with Gasteiger partial charge in [-0.25, -0.2) is 4.79 Å². The largest absolute Gasteiger partial charge is 0.465 e. The van der Waals surface area contributed by atoms with Gasteiger partial charge in [-0.3, -0.25) is 4.79 Å². The summed E-state index contributed by atoms with van der Waals surface area (Å²) in [5.74, 6) is -0.206. The van der Waals surface area contributed by atoms with E-state index in [-0.39, 0.29) is 18.5 Å². The standard InChI is InChI=1S/C24H29NO4/c1-4-15-28-22(26)24(2,3)13-14-25-23(27)29-16-21-19-11-7-5-9-17(19)18-10-6-8-12-20(18)21/h5-12,21H,4,13-16H2,1-3H3,(H,25,27). The number of carbonyl (C=O) groups is 2. The number of alkyl carbamates (subject to hydrolysis) is 1. The average Bonchev–Trinajstić information content (AvgIpc) is 3.04. The number of fused-ring (bicyclic) bond motifs is 3. The Kier molecular flexibility index (Phi) is 6.57. The van der Waals surface area contributed by atoms with Crippen molar-refractivity contribution in [3.63, 3.8) is 0 Å². The lowest BCUT2D eigenvalue weighted by Gasteiger charge is -2.22. The summed E-state index contributed by atoms with van der Waals surface area (Å²) >= 11 is 0. The first-order chi connectivity index (χ1) is 13.9. The maximum Gasteiger partial charge on any atom is 0.407 e. The molecule has 0 radical (unpaired) electrons. The number of esters is 1. The summed E-state index contributed by atoms with van der Waals surface area (Å²) in [6.45, 7) is 6.66. The molecular weight excluding hydrogens is 366 g/mol. The van der Waals surface area contributed by atoms with Crippen molar-refractivity contribution >= 4 is 12.1 Å². The van der Waals surface area contributed by atoms with Crippen LogP contribution < -0.4 is 5.32 Å². The third-order valence-corrected chi connectivity index (χ3v) is 5.35. The zero-order chi connectivity index (χ0) is 20.9. The van der Waals surface area contributed by atoms with E-state index in [1.165, 1.54) is 22.3 Å². The lowest BCUT2D eigenvalue weighted by Crippen LogP contribution is -2.34. The molecule has 0 aliphatic heterocycles. The summed E-state index contributed by atoms with van der Waals surface area (Å²) in [4.78, 5) is 24.3. The van der Waals surface area contributed by atoms with Gasteiger partial charge in [0.1, 0.15) is 6.61 Å². The molecule has 1 amide bonds. The van der Waals surface area contributed by atoms with Crippen LogP contribution >= 0.6 is 0 Å². The van der Waals surface area contributed by atoms with E-state index in [2.05, 4.69) is 29.6 Å². The van der Waals surface area contributed by atoms with Crippen molar-refractivity contribution in [2.24, 2.45) is 5.41 Å². The second-order valence-electron chi connectivity index (χ2n) is 8.02. The molecule has 1 N–H and O–H groups in total. The van der Waals surface area contributed by atoms with Crippen molar-refractivity contribution < 1.29 is 19.1 Å². The van der Waals surface area contributed by atoms with Crippen LogP contribution in [0.15, 0.2) is 48.5 Å². The van der Waals surface area contributed by atoms with Crippen molar-refractivity contribution in [2.75, 3.05) is 19.8 Å². The molecule has 5 nitrogen and oxygen atoms in total. The normalized spacial score (nSPS) is 12.8. The minimum absolute atomic E-state index is 0.0358. The average molecular weight is 395 g/mol. The van der Waals surface area contributed by atoms with Crippen LogP contribution in [0.2, 0.25) is 0 Å². The van der Waals surface area contributed by atoms with Crippen LogP contribution in [0.5, 0.6) is 0 Å². The van der Waals surface area contributed by atoms with Gasteiger partial charge < -0.3 is 14.8 Å². The van der Waals surface area contributed by atoms with Crippen LogP contribution in [0.3, 0.4) is 0 Å². The summed E-state index contributed by atoms with van der Waals surface area (Å²) < 4.78 is 10.7. The molecule has 1 aliphatic carbocycles. The highest BCUT2D eigenvalue weighted by Crippen LogP contribution is 2.44. The molecule has 0 heterocycles. The minimum Gasteiger partial charge on any atom is -0.465 e. The van der Waals surface area contributed by atoms with E-state index >= 15 is 0 Å². The number of carbonyl (C=O) groups excluding carboxylic acids is 2. The van der Waals surface area contributed by atoms with Crippen LogP contribution in [-0.2, 0) is 14.3 Å². The van der Waals surface area contributed by atoms with Crippen molar-refractivity contribution in [3.8, 4) is 11.1 Å². The van der Waals surface area contributed by atoms with Gasteiger partial charge in [0.15, 0.2) is 0 Å². The van der Waals surface area contributed by atoms with E-state index in [9.17, 15) is 9.59 Å². The third kappa shape index (κ3) is 4.78. The maximum atomic E-state index is 12.2. The molecule has 1 aliphatic rings. The smallest absolute Gasteiger partial charge is 0.407 e. The number of hydrogen-bond acceptors (Lipinski definition) is 4. The molecule has 0 saturated carbocycles. The lowest BCUT2D eigenvalue weighted by molar-refractivity contribution is -0.154. The molecule has 0 atom stereocenters. The molecule has 0 bridgehead atoms. The lowest BCUT2D eigenvalue weighted by atomic mass is 9.89. The molecule has 0 aromatic heterocycles. The van der Waals surface area contributed by atoms with Gasteiger partial charge in [-0.2, -0.15) is 0 Å². The second-order valence-corrected chi connectivity index (χ2v) is 8.02. The summed E-state index contributed by atoms with van der Waals surface area (Å²) in [5.41, 5.74) is 4.11. The first-order valence-electron chi connectivity index (χ1n) is 10.2. The minimum atomic E-state index is -0.647. The van der Waals surface area contributed by atoms with E-state index in [1.54, 1.807) is 0 Å². The van der Waals surface area contributed by atoms with Gasteiger partial charge in [-0.15, -0.1) is 0 Å². The maximum absolute atomic E-state index is 12.2. The van der Waals surface area contributed by atoms with E-state index in [1.807, 2.05) is 45.0 Å². The van der Waals surface area contributed by atoms with Gasteiger partial charge in [0.2, 0.25) is 0 Å². The van der Waals surface area contributed by atoms with E-state index in [4.69, 9.17) is 9.47 Å². The highest BCUT2D eigenvalue weighted by molar-refractivity contribution is 5.79. The molecule has 3 rings (SSSR count). The molecule has 2 aromatic rings. The predicted octanol–water partition coefficient (Wildman–Crippen LogP) is 4.89. The Morgan fingerprint density at radius 1 is 0.966 bits per heavy atom. The fraction of sp³-hybridized carbons (Fsp3) is 0.417. The highest BCUT2D eigenvalue weighted by atomic mass is 16.5. The third-order valence-electron chi connectivity index (χ3n) is 5.35. The summed E-state index contributed by atoms with van der Waals surface area (Å²) in [5, 5.41) is 2.75. The molecular formula is C24H29NO4. The monoisotopic (exact) mass is 395 g/mol. The SMILES string of the molecule is CCCOC(=O)C(C)(C)CCNC(=O)OCC1c2ccccc2-c2ccccc21. The fourth-order valence-corrected chi connectivity index (χ4v) is 3.62. The summed E-state index contributed by atoms with van der Waals surface area (Å²) in [6, 6.07) is 16.5. The summed E-state index contributed by atoms with van der Waals surface area (Å²) in [7, 11) is 0. The van der Waals surface area contributed by atoms with Crippen molar-refractivity contribution in [3.05, 3.63) is 59.7 Å². The Bertz CT molecular complexity index is 829. The summed E-state index contributed by atoms with van der Waals surface area (Å²) in [6.07, 6.45) is 0.809. The molecule has 0 unspecified atom stereocenters. The number of nitrogens with one attached hydrogen (secondary N) is 1. The Morgan fingerprint density at radius 3 is 2.14 bits per heavy atom. The topological polar surface area (TPSA) is 64.6 Å². The van der Waals surface area contributed by atoms with Crippen LogP contribution in [-0.4, -0.2) is 31.8 Å². The van der Waals surface area contributed by atoms with Gasteiger partial charge in [-0.1, -0.05) is 55.5 Å². The number of hydrogen-bond donors (Lipinski definition) is 1. The molecule has 0 spiro atoms. The number of rotatable bonds is 8. The highest BCUT2D eigenvalue weighted by Gasteiger charge is 2.30. The Hall–Kier alpha value is -2.82. The quantitative estimate of drug-likeness (QED) is 0.646. The molecule has 0 saturated heterocycles. The Balaban J connectivity index is 1.52. The fourth-order valence-electron chi connectivity index (χ4n) is 3.62. The van der Waals surface area contributed by atoms with Crippen LogP contribution in [0.4, 0.5) is 4.79 Å². The number of benzene rings is 2. The molecule has 29 heavy (non-hydrogen) atoms.